The van der Waals surface area contributed by atoms with E-state index in [0.29, 0.717) is 15.9 Å². The van der Waals surface area contributed by atoms with Gasteiger partial charge in [0.25, 0.3) is 0 Å². The summed E-state index contributed by atoms with van der Waals surface area (Å²) in [5.41, 5.74) is 0.0556. The topological polar surface area (TPSA) is 45.0 Å². The highest BCUT2D eigenvalue weighted by Crippen LogP contribution is 2.32. The number of nitrogens with one attached hydrogen (secondary N) is 1. The van der Waals surface area contributed by atoms with Gasteiger partial charge < -0.3 is 10.1 Å². The number of methoxy groups -OCH3 is 1. The lowest BCUT2D eigenvalue weighted by Crippen LogP contribution is -1.99. The first kappa shape index (κ1) is 14.3. The predicted molar refractivity (Wildman–Crippen MR) is 75.0 cm³/mol. The monoisotopic (exact) mass is 338 g/mol. The summed E-state index contributed by atoms with van der Waals surface area (Å²) in [5, 5.41) is 11.3. The number of benzene rings is 2. The third-order valence-electron chi connectivity index (χ3n) is 2.60. The minimum absolute atomic E-state index is 0.0738. The lowest BCUT2D eigenvalue weighted by Gasteiger charge is -2.12. The van der Waals surface area contributed by atoms with Crippen molar-refractivity contribution in [1.82, 2.24) is 0 Å². The maximum Gasteiger partial charge on any atom is 0.150 e. The van der Waals surface area contributed by atoms with Gasteiger partial charge in [-0.1, -0.05) is 0 Å². The smallest absolute Gasteiger partial charge is 0.150 e. The van der Waals surface area contributed by atoms with E-state index in [4.69, 9.17) is 10.00 Å². The van der Waals surface area contributed by atoms with Crippen LogP contribution in [0.25, 0.3) is 0 Å². The summed E-state index contributed by atoms with van der Waals surface area (Å²) in [6, 6.07) is 8.64. The van der Waals surface area contributed by atoms with Crippen molar-refractivity contribution in [3.05, 3.63) is 52.0 Å². The molecule has 0 aliphatic heterocycles. The fourth-order valence-corrected chi connectivity index (χ4v) is 1.96. The molecule has 1 N–H and O–H groups in total. The third kappa shape index (κ3) is 2.89. The summed E-state index contributed by atoms with van der Waals surface area (Å²) in [7, 11) is 1.50. The molecule has 102 valence electrons. The Labute approximate surface area is 122 Å². The normalized spacial score (nSPS) is 9.95. The molecule has 20 heavy (non-hydrogen) atoms. The van der Waals surface area contributed by atoms with Crippen molar-refractivity contribution in [2.75, 3.05) is 12.4 Å². The number of nitrogens with zero attached hydrogens (tertiary/aromatic N) is 1. The Balaban J connectivity index is 2.43. The average molecular weight is 339 g/mol. The summed E-state index contributed by atoms with van der Waals surface area (Å²) in [4.78, 5) is 0. The Bertz CT molecular complexity index is 675. The minimum Gasteiger partial charge on any atom is -0.497 e. The number of halogens is 3. The highest BCUT2D eigenvalue weighted by molar-refractivity contribution is 9.10. The molecule has 0 amide bonds. The van der Waals surface area contributed by atoms with Gasteiger partial charge in [-0.3, -0.25) is 0 Å². The molecule has 0 aliphatic carbocycles. The minimum atomic E-state index is -0.837. The number of hydrogen-bond donors (Lipinski definition) is 1. The second-order valence-corrected chi connectivity index (χ2v) is 4.75. The first-order valence-electron chi connectivity index (χ1n) is 5.55. The molecule has 3 nitrogen and oxygen atoms in total. The summed E-state index contributed by atoms with van der Waals surface area (Å²) in [6.45, 7) is 0. The van der Waals surface area contributed by atoms with E-state index in [1.807, 2.05) is 0 Å². The van der Waals surface area contributed by atoms with Crippen LogP contribution in [0.5, 0.6) is 5.75 Å². The maximum absolute atomic E-state index is 13.8. The van der Waals surface area contributed by atoms with Crippen molar-refractivity contribution in [1.29, 1.82) is 5.26 Å². The highest BCUT2D eigenvalue weighted by atomic mass is 79.9. The zero-order chi connectivity index (χ0) is 14.7. The number of nitriles is 1. The Morgan fingerprint density at radius 3 is 2.40 bits per heavy atom. The Morgan fingerprint density at radius 1 is 1.20 bits per heavy atom. The molecular formula is C14H9BrF2N2O. The van der Waals surface area contributed by atoms with Crippen molar-refractivity contribution in [3.8, 4) is 11.8 Å². The van der Waals surface area contributed by atoms with Crippen LogP contribution in [0.2, 0.25) is 0 Å². The summed E-state index contributed by atoms with van der Waals surface area (Å²) >= 11 is 3.28. The average Bonchev–Trinajstić information content (AvgIpc) is 2.44. The second kappa shape index (κ2) is 5.88. The fraction of sp³-hybridized carbons (Fsp3) is 0.0714. The zero-order valence-electron chi connectivity index (χ0n) is 10.4. The lowest BCUT2D eigenvalue weighted by atomic mass is 10.2. The van der Waals surface area contributed by atoms with Crippen LogP contribution in [0.15, 0.2) is 34.8 Å². The summed E-state index contributed by atoms with van der Waals surface area (Å²) in [6.07, 6.45) is 0. The SMILES string of the molecule is COc1ccc(Br)c(Nc2c(F)cc(C#N)cc2F)c1. The molecule has 0 radical (unpaired) electrons. The number of ether oxygens (including phenoxy) is 1. The van der Waals surface area contributed by atoms with Gasteiger partial charge in [-0.2, -0.15) is 5.26 Å². The highest BCUT2D eigenvalue weighted by Gasteiger charge is 2.13. The van der Waals surface area contributed by atoms with E-state index in [2.05, 4.69) is 21.2 Å². The zero-order valence-corrected chi connectivity index (χ0v) is 12.0. The molecular weight excluding hydrogens is 330 g/mol. The Hall–Kier alpha value is -2.13. The van der Waals surface area contributed by atoms with E-state index in [1.54, 1.807) is 24.3 Å². The van der Waals surface area contributed by atoms with E-state index in [-0.39, 0.29) is 11.3 Å². The van der Waals surface area contributed by atoms with Crippen LogP contribution in [0.1, 0.15) is 5.56 Å². The molecule has 6 heteroatoms. The molecule has 2 aromatic carbocycles. The van der Waals surface area contributed by atoms with Gasteiger partial charge in [0, 0.05) is 10.5 Å². The van der Waals surface area contributed by atoms with Gasteiger partial charge >= 0.3 is 0 Å². The Kier molecular flexibility index (Phi) is 4.20. The van der Waals surface area contributed by atoms with Crippen molar-refractivity contribution < 1.29 is 13.5 Å². The molecule has 0 aromatic heterocycles. The van der Waals surface area contributed by atoms with Gasteiger partial charge in [0.1, 0.15) is 11.4 Å². The van der Waals surface area contributed by atoms with Crippen LogP contribution in [0.4, 0.5) is 20.2 Å². The van der Waals surface area contributed by atoms with E-state index in [0.717, 1.165) is 12.1 Å². The van der Waals surface area contributed by atoms with Crippen LogP contribution < -0.4 is 10.1 Å². The van der Waals surface area contributed by atoms with Crippen LogP contribution in [0, 0.1) is 23.0 Å². The van der Waals surface area contributed by atoms with Crippen molar-refractivity contribution in [3.63, 3.8) is 0 Å². The van der Waals surface area contributed by atoms with Gasteiger partial charge in [0.2, 0.25) is 0 Å². The molecule has 0 saturated heterocycles. The van der Waals surface area contributed by atoms with E-state index >= 15 is 0 Å². The molecule has 0 aliphatic rings. The lowest BCUT2D eigenvalue weighted by molar-refractivity contribution is 0.415. The quantitative estimate of drug-likeness (QED) is 0.904. The number of rotatable bonds is 3. The van der Waals surface area contributed by atoms with E-state index in [1.165, 1.54) is 7.11 Å². The van der Waals surface area contributed by atoms with Gasteiger partial charge in [0.05, 0.1) is 24.4 Å². The number of hydrogen-bond acceptors (Lipinski definition) is 3. The third-order valence-corrected chi connectivity index (χ3v) is 3.30. The molecule has 2 aromatic rings. The van der Waals surface area contributed by atoms with Crippen LogP contribution in [-0.4, -0.2) is 7.11 Å². The van der Waals surface area contributed by atoms with Gasteiger partial charge in [-0.25, -0.2) is 8.78 Å². The van der Waals surface area contributed by atoms with Crippen LogP contribution in [0.3, 0.4) is 0 Å². The molecule has 0 heterocycles. The first-order chi connectivity index (χ1) is 9.55. The maximum atomic E-state index is 13.8. The standard InChI is InChI=1S/C14H9BrF2N2O/c1-20-9-2-3-10(15)13(6-9)19-14-11(16)4-8(7-18)5-12(14)17/h2-6,19H,1H3. The van der Waals surface area contributed by atoms with Gasteiger partial charge in [-0.15, -0.1) is 0 Å². The Morgan fingerprint density at radius 2 is 1.85 bits per heavy atom. The van der Waals surface area contributed by atoms with Crippen molar-refractivity contribution in [2.45, 2.75) is 0 Å². The van der Waals surface area contributed by atoms with Gasteiger partial charge in [0.15, 0.2) is 11.6 Å². The van der Waals surface area contributed by atoms with Crippen LogP contribution in [-0.2, 0) is 0 Å². The molecule has 0 saturated carbocycles. The van der Waals surface area contributed by atoms with Crippen molar-refractivity contribution in [2.24, 2.45) is 0 Å². The molecule has 0 spiro atoms. The van der Waals surface area contributed by atoms with E-state index in [9.17, 15) is 8.78 Å². The van der Waals surface area contributed by atoms with E-state index < -0.39 is 11.6 Å². The molecule has 2 rings (SSSR count). The van der Waals surface area contributed by atoms with Gasteiger partial charge in [-0.05, 0) is 40.2 Å². The molecule has 0 unspecified atom stereocenters. The summed E-state index contributed by atoms with van der Waals surface area (Å²) in [5.74, 6) is -1.13. The van der Waals surface area contributed by atoms with Crippen LogP contribution >= 0.6 is 15.9 Å². The molecule has 0 bridgehead atoms. The van der Waals surface area contributed by atoms with Crippen molar-refractivity contribution >= 4 is 27.3 Å². The fourth-order valence-electron chi connectivity index (χ4n) is 1.62. The largest absolute Gasteiger partial charge is 0.497 e. The number of anilines is 2. The second-order valence-electron chi connectivity index (χ2n) is 3.90. The summed E-state index contributed by atoms with van der Waals surface area (Å²) < 4.78 is 33.3. The first-order valence-corrected chi connectivity index (χ1v) is 6.34. The molecule has 0 atom stereocenters. The predicted octanol–water partition coefficient (Wildman–Crippen LogP) is 4.35. The molecule has 0 fully saturated rings.